The maximum Gasteiger partial charge on any atom is 0.217 e. The predicted molar refractivity (Wildman–Crippen MR) is 122 cm³/mol. The van der Waals surface area contributed by atoms with Crippen molar-refractivity contribution in [2.75, 3.05) is 19.2 Å². The maximum absolute atomic E-state index is 9.22. The Morgan fingerprint density at radius 3 is 1.84 bits per heavy atom. The first-order valence-corrected chi connectivity index (χ1v) is 10.8. The van der Waals surface area contributed by atoms with E-state index in [9.17, 15) is 13.0 Å². The zero-order valence-corrected chi connectivity index (χ0v) is 18.3. The van der Waals surface area contributed by atoms with Crippen molar-refractivity contribution in [1.82, 2.24) is 0 Å². The molecule has 0 unspecified atom stereocenters. The Morgan fingerprint density at radius 2 is 1.35 bits per heavy atom. The molecule has 0 saturated heterocycles. The van der Waals surface area contributed by atoms with Crippen LogP contribution in [0.25, 0.3) is 21.8 Å². The lowest BCUT2D eigenvalue weighted by atomic mass is 10.0. The Morgan fingerprint density at radius 1 is 0.903 bits per heavy atom. The van der Waals surface area contributed by atoms with Gasteiger partial charge in [-0.2, -0.15) is 9.67 Å². The topological polar surface area (TPSA) is 85.9 Å². The number of aromatic nitrogens is 1. The van der Waals surface area contributed by atoms with Gasteiger partial charge in [0, 0.05) is 24.7 Å². The molecule has 0 radical (unpaired) electrons. The largest absolute Gasteiger partial charge is 0.726 e. The number of hydrogen-bond acceptors (Lipinski definition) is 6. The Hall–Kier alpha value is -3.33. The molecule has 31 heavy (non-hydrogen) atoms. The highest BCUT2D eigenvalue weighted by Crippen LogP contribution is 2.23. The average molecular weight is 438 g/mol. The standard InChI is InChI=1S/C22H20N3.CH4O4S/c1-24-21-14-8-6-12-18(21)20(19-13-7-9-15-22(19)24)16-23-25(2)17-10-4-3-5-11-17;1-5-6(2,3)4/h3-16H,1-2H3;1H3,(H,2,3,4)/q+1;/p-1. The van der Waals surface area contributed by atoms with Gasteiger partial charge in [-0.25, -0.2) is 8.42 Å². The van der Waals surface area contributed by atoms with E-state index in [4.69, 9.17) is 5.10 Å². The van der Waals surface area contributed by atoms with Crippen molar-refractivity contribution in [1.29, 1.82) is 0 Å². The molecule has 0 bridgehead atoms. The van der Waals surface area contributed by atoms with Crippen molar-refractivity contribution < 1.29 is 21.7 Å². The smallest absolute Gasteiger partial charge is 0.217 e. The van der Waals surface area contributed by atoms with E-state index in [0.717, 1.165) is 18.4 Å². The van der Waals surface area contributed by atoms with Crippen LogP contribution in [0.3, 0.4) is 0 Å². The Kier molecular flexibility index (Phi) is 6.96. The quantitative estimate of drug-likeness (QED) is 0.122. The van der Waals surface area contributed by atoms with Gasteiger partial charge in [-0.1, -0.05) is 42.5 Å². The van der Waals surface area contributed by atoms with Crippen LogP contribution in [-0.4, -0.2) is 33.3 Å². The summed E-state index contributed by atoms with van der Waals surface area (Å²) in [5.74, 6) is 0. The minimum Gasteiger partial charge on any atom is -0.726 e. The molecular formula is C23H23N3O4S. The molecule has 160 valence electrons. The van der Waals surface area contributed by atoms with Gasteiger partial charge in [0.15, 0.2) is 0 Å². The van der Waals surface area contributed by atoms with E-state index in [0.29, 0.717) is 0 Å². The summed E-state index contributed by atoms with van der Waals surface area (Å²) >= 11 is 0. The molecule has 1 heterocycles. The monoisotopic (exact) mass is 437 g/mol. The highest BCUT2D eigenvalue weighted by Gasteiger charge is 2.15. The Balaban J connectivity index is 0.000000401. The normalized spacial score (nSPS) is 11.5. The first-order valence-electron chi connectivity index (χ1n) is 9.45. The Labute approximate surface area is 181 Å². The third-order valence-corrected chi connectivity index (χ3v) is 5.21. The first kappa shape index (κ1) is 22.4. The summed E-state index contributed by atoms with van der Waals surface area (Å²) in [5, 5.41) is 9.00. The van der Waals surface area contributed by atoms with Gasteiger partial charge in [-0.15, -0.1) is 0 Å². The molecule has 0 aliphatic rings. The number of anilines is 1. The van der Waals surface area contributed by atoms with Crippen LogP contribution in [0.2, 0.25) is 0 Å². The van der Waals surface area contributed by atoms with Gasteiger partial charge in [-0.3, -0.25) is 9.19 Å². The summed E-state index contributed by atoms with van der Waals surface area (Å²) in [6, 6.07) is 27.1. The van der Waals surface area contributed by atoms with Gasteiger partial charge in [0.25, 0.3) is 0 Å². The van der Waals surface area contributed by atoms with Gasteiger partial charge in [0.05, 0.1) is 29.8 Å². The number of para-hydroxylation sites is 3. The van der Waals surface area contributed by atoms with Crippen LogP contribution in [0.15, 0.2) is 84.0 Å². The lowest BCUT2D eigenvalue weighted by Gasteiger charge is -2.13. The molecule has 1 aromatic heterocycles. The molecule has 0 fully saturated rings. The van der Waals surface area contributed by atoms with Gasteiger partial charge in [-0.05, 0) is 24.3 Å². The van der Waals surface area contributed by atoms with E-state index in [2.05, 4.69) is 76.5 Å². The van der Waals surface area contributed by atoms with E-state index in [1.807, 2.05) is 36.5 Å². The van der Waals surface area contributed by atoms with E-state index >= 15 is 0 Å². The number of pyridine rings is 1. The Bertz CT molecular complexity index is 1270. The number of benzene rings is 3. The summed E-state index contributed by atoms with van der Waals surface area (Å²) in [5.41, 5.74) is 4.61. The van der Waals surface area contributed by atoms with Crippen molar-refractivity contribution in [3.63, 3.8) is 0 Å². The molecule has 4 rings (SSSR count). The fourth-order valence-electron chi connectivity index (χ4n) is 3.26. The van der Waals surface area contributed by atoms with E-state index in [1.54, 1.807) is 0 Å². The fraction of sp³-hybridized carbons (Fsp3) is 0.130. The zero-order chi connectivity index (χ0) is 22.4. The minimum atomic E-state index is -4.41. The second kappa shape index (κ2) is 9.65. The van der Waals surface area contributed by atoms with Crippen molar-refractivity contribution in [2.45, 2.75) is 0 Å². The molecule has 0 atom stereocenters. The summed E-state index contributed by atoms with van der Waals surface area (Å²) in [6.07, 6.45) is 1.97. The van der Waals surface area contributed by atoms with Crippen molar-refractivity contribution in [3.05, 3.63) is 84.4 Å². The molecule has 8 heteroatoms. The fourth-order valence-corrected chi connectivity index (χ4v) is 3.26. The lowest BCUT2D eigenvalue weighted by Crippen LogP contribution is -2.30. The summed E-state index contributed by atoms with van der Waals surface area (Å²) in [7, 11) is 0.480. The number of hydrogen-bond donors (Lipinski definition) is 0. The number of aryl methyl sites for hydroxylation is 1. The van der Waals surface area contributed by atoms with Crippen LogP contribution in [0.4, 0.5) is 5.69 Å². The highest BCUT2D eigenvalue weighted by atomic mass is 32.3. The van der Waals surface area contributed by atoms with E-state index in [1.165, 1.54) is 21.8 Å². The van der Waals surface area contributed by atoms with Crippen LogP contribution < -0.4 is 9.58 Å². The molecule has 3 aromatic carbocycles. The summed E-state index contributed by atoms with van der Waals surface area (Å²) in [6.45, 7) is 0. The molecule has 0 saturated carbocycles. The van der Waals surface area contributed by atoms with Crippen LogP contribution >= 0.6 is 0 Å². The average Bonchev–Trinajstić information content (AvgIpc) is 2.79. The predicted octanol–water partition coefficient (Wildman–Crippen LogP) is 3.38. The third kappa shape index (κ3) is 5.43. The van der Waals surface area contributed by atoms with Crippen molar-refractivity contribution >= 4 is 44.1 Å². The van der Waals surface area contributed by atoms with Gasteiger partial charge in [0.2, 0.25) is 21.4 Å². The SMILES string of the molecule is CN(/N=C/c1c2ccccc2[n+](C)c2ccccc12)c1ccccc1.COS(=O)(=O)[O-]. The van der Waals surface area contributed by atoms with Gasteiger partial charge in [0.1, 0.15) is 7.05 Å². The zero-order valence-electron chi connectivity index (χ0n) is 17.5. The lowest BCUT2D eigenvalue weighted by molar-refractivity contribution is -0.617. The summed E-state index contributed by atoms with van der Waals surface area (Å²) < 4.78 is 33.3. The number of nitrogens with zero attached hydrogens (tertiary/aromatic N) is 3. The van der Waals surface area contributed by atoms with Crippen LogP contribution in [0.1, 0.15) is 5.56 Å². The molecule has 0 aliphatic carbocycles. The van der Waals surface area contributed by atoms with Gasteiger partial charge >= 0.3 is 0 Å². The molecule has 0 spiro atoms. The maximum atomic E-state index is 9.22. The van der Waals surface area contributed by atoms with Crippen molar-refractivity contribution in [2.24, 2.45) is 12.1 Å². The van der Waals surface area contributed by atoms with E-state index in [-0.39, 0.29) is 0 Å². The van der Waals surface area contributed by atoms with Gasteiger partial charge < -0.3 is 4.55 Å². The second-order valence-corrected chi connectivity index (χ2v) is 7.84. The number of fused-ring (bicyclic) bond motifs is 2. The van der Waals surface area contributed by atoms with Crippen LogP contribution in [-0.2, 0) is 21.6 Å². The van der Waals surface area contributed by atoms with Crippen molar-refractivity contribution in [3.8, 4) is 0 Å². The summed E-state index contributed by atoms with van der Waals surface area (Å²) in [4.78, 5) is 0. The molecule has 0 N–H and O–H groups in total. The molecule has 4 aromatic rings. The molecular weight excluding hydrogens is 414 g/mol. The molecule has 0 amide bonds. The third-order valence-electron chi connectivity index (χ3n) is 4.81. The molecule has 7 nitrogen and oxygen atoms in total. The number of rotatable bonds is 4. The minimum absolute atomic E-state index is 0.808. The molecule has 0 aliphatic heterocycles. The van der Waals surface area contributed by atoms with Crippen LogP contribution in [0, 0.1) is 0 Å². The number of hydrazone groups is 1. The van der Waals surface area contributed by atoms with E-state index < -0.39 is 10.4 Å². The van der Waals surface area contributed by atoms with Crippen LogP contribution in [0.5, 0.6) is 0 Å². The second-order valence-electron chi connectivity index (χ2n) is 6.69. The highest BCUT2D eigenvalue weighted by molar-refractivity contribution is 7.80. The first-order chi connectivity index (χ1) is 14.8.